The molecule has 0 aliphatic carbocycles. The number of aromatic amines is 1. The lowest BCUT2D eigenvalue weighted by Crippen LogP contribution is -2.40. The van der Waals surface area contributed by atoms with Crippen LogP contribution in [0.5, 0.6) is 0 Å². The van der Waals surface area contributed by atoms with Crippen molar-refractivity contribution in [2.75, 3.05) is 13.2 Å². The summed E-state index contributed by atoms with van der Waals surface area (Å²) in [5, 5.41) is 1.24. The lowest BCUT2D eigenvalue weighted by molar-refractivity contribution is -0.138. The number of hydrogen-bond donors (Lipinski definition) is 1. The fourth-order valence-corrected chi connectivity index (χ4v) is 4.69. The number of fused-ring (bicyclic) bond motifs is 3. The normalized spacial score (nSPS) is 22.0. The van der Waals surface area contributed by atoms with Gasteiger partial charge in [-0.3, -0.25) is 4.79 Å². The van der Waals surface area contributed by atoms with Crippen molar-refractivity contribution < 1.29 is 9.53 Å². The zero-order valence-corrected chi connectivity index (χ0v) is 16.4. The number of H-pyrrole nitrogens is 1. The maximum absolute atomic E-state index is 13.4. The third-order valence-electron chi connectivity index (χ3n) is 6.19. The molecule has 2 aliphatic rings. The molecule has 0 radical (unpaired) electrons. The number of ether oxygens (including phenoxy) is 1. The molecule has 2 aliphatic heterocycles. The molecule has 1 fully saturated rings. The lowest BCUT2D eigenvalue weighted by atomic mass is 9.96. The first-order valence-corrected chi connectivity index (χ1v) is 10.2. The monoisotopic (exact) mass is 378 g/mol. The minimum atomic E-state index is -0.242. The fourth-order valence-electron chi connectivity index (χ4n) is 4.69. The van der Waals surface area contributed by atoms with E-state index >= 15 is 0 Å². The molecule has 1 amide bonds. The van der Waals surface area contributed by atoms with Gasteiger partial charge in [0.15, 0.2) is 0 Å². The second kappa shape index (κ2) is 6.78. The van der Waals surface area contributed by atoms with Gasteiger partial charge in [-0.15, -0.1) is 0 Å². The Kier molecular flexibility index (Phi) is 4.23. The minimum Gasteiger partial charge on any atom is -0.369 e. The lowest BCUT2D eigenvalue weighted by Gasteiger charge is -2.31. The van der Waals surface area contributed by atoms with Gasteiger partial charge in [-0.05, 0) is 32.4 Å². The summed E-state index contributed by atoms with van der Waals surface area (Å²) in [5.74, 6) is 0.917. The van der Waals surface area contributed by atoms with Crippen molar-refractivity contribution in [3.05, 3.63) is 53.2 Å². The Morgan fingerprint density at radius 3 is 3.14 bits per heavy atom. The van der Waals surface area contributed by atoms with Gasteiger partial charge in [0, 0.05) is 67.2 Å². The number of nitrogens with one attached hydrogen (secondary N) is 1. The quantitative estimate of drug-likeness (QED) is 0.760. The molecule has 5 rings (SSSR count). The topological polar surface area (TPSA) is 63.2 Å². The van der Waals surface area contributed by atoms with Crippen LogP contribution in [0.4, 0.5) is 0 Å². The smallest absolute Gasteiger partial charge is 0.229 e. The molecular weight excluding hydrogens is 352 g/mol. The number of amides is 1. The summed E-state index contributed by atoms with van der Waals surface area (Å²) in [6.07, 6.45) is 5.14. The van der Waals surface area contributed by atoms with Crippen molar-refractivity contribution >= 4 is 16.8 Å². The van der Waals surface area contributed by atoms with Crippen LogP contribution in [0.3, 0.4) is 0 Å². The molecule has 0 saturated carbocycles. The zero-order valence-electron chi connectivity index (χ0n) is 16.4. The standard InChI is InChI=1S/C22H26N4O2/c1-3-25-10-8-23-21(25)20-15(7-11-28-20)22(27)26-9-6-19-17(13-26)16-12-14(2)4-5-18(16)24-19/h4-5,8,10,12,15,20,24H,3,6-7,9,11,13H2,1-2H3/t15-,20-/m1/s1. The number of imidazole rings is 1. The molecule has 3 aromatic rings. The maximum atomic E-state index is 13.4. The molecule has 4 heterocycles. The molecule has 146 valence electrons. The van der Waals surface area contributed by atoms with Gasteiger partial charge in [-0.25, -0.2) is 4.98 Å². The average molecular weight is 378 g/mol. The van der Waals surface area contributed by atoms with Crippen LogP contribution >= 0.6 is 0 Å². The fraction of sp³-hybridized carbons (Fsp3) is 0.455. The van der Waals surface area contributed by atoms with E-state index in [-0.39, 0.29) is 17.9 Å². The Morgan fingerprint density at radius 2 is 2.29 bits per heavy atom. The summed E-state index contributed by atoms with van der Waals surface area (Å²) in [7, 11) is 0. The van der Waals surface area contributed by atoms with E-state index in [1.807, 2.05) is 11.1 Å². The van der Waals surface area contributed by atoms with Crippen LogP contribution in [0.25, 0.3) is 10.9 Å². The van der Waals surface area contributed by atoms with Crippen molar-refractivity contribution in [1.29, 1.82) is 0 Å². The number of hydrogen-bond acceptors (Lipinski definition) is 3. The van der Waals surface area contributed by atoms with E-state index in [1.54, 1.807) is 6.20 Å². The van der Waals surface area contributed by atoms with Crippen molar-refractivity contribution in [2.24, 2.45) is 5.92 Å². The van der Waals surface area contributed by atoms with E-state index in [9.17, 15) is 4.79 Å². The highest BCUT2D eigenvalue weighted by molar-refractivity contribution is 5.87. The minimum absolute atomic E-state index is 0.152. The Hall–Kier alpha value is -2.60. The number of benzene rings is 1. The summed E-state index contributed by atoms with van der Waals surface area (Å²) in [4.78, 5) is 23.5. The van der Waals surface area contributed by atoms with Crippen LogP contribution in [0.2, 0.25) is 0 Å². The molecule has 6 heteroatoms. The van der Waals surface area contributed by atoms with Gasteiger partial charge in [0.1, 0.15) is 11.9 Å². The second-order valence-electron chi connectivity index (χ2n) is 7.90. The number of aromatic nitrogens is 3. The van der Waals surface area contributed by atoms with Crippen LogP contribution < -0.4 is 0 Å². The van der Waals surface area contributed by atoms with Crippen molar-refractivity contribution in [3.63, 3.8) is 0 Å². The van der Waals surface area contributed by atoms with Gasteiger partial charge in [0.25, 0.3) is 0 Å². The van der Waals surface area contributed by atoms with Gasteiger partial charge < -0.3 is 19.2 Å². The SMILES string of the molecule is CCn1ccnc1[C@@H]1OCC[C@H]1C(=O)N1CCc2[nH]c3ccc(C)cc3c2C1. The molecule has 1 N–H and O–H groups in total. The van der Waals surface area contributed by atoms with Crippen LogP contribution in [-0.2, 0) is 29.0 Å². The molecule has 0 bridgehead atoms. The van der Waals surface area contributed by atoms with Crippen molar-refractivity contribution in [1.82, 2.24) is 19.4 Å². The third kappa shape index (κ3) is 2.75. The number of aryl methyl sites for hydroxylation is 2. The predicted octanol–water partition coefficient (Wildman–Crippen LogP) is 3.36. The molecule has 0 spiro atoms. The molecule has 1 aromatic carbocycles. The van der Waals surface area contributed by atoms with Crippen LogP contribution in [-0.4, -0.2) is 38.5 Å². The summed E-state index contributed by atoms with van der Waals surface area (Å²) in [5.41, 5.74) is 4.94. The van der Waals surface area contributed by atoms with Crippen molar-refractivity contribution in [2.45, 2.75) is 45.9 Å². The molecule has 2 atom stereocenters. The van der Waals surface area contributed by atoms with E-state index in [0.717, 1.165) is 37.3 Å². The average Bonchev–Trinajstić information content (AvgIpc) is 3.43. The third-order valence-corrected chi connectivity index (χ3v) is 6.19. The van der Waals surface area contributed by atoms with Crippen LogP contribution in [0.1, 0.15) is 42.1 Å². The number of nitrogens with zero attached hydrogens (tertiary/aromatic N) is 3. The predicted molar refractivity (Wildman–Crippen MR) is 107 cm³/mol. The summed E-state index contributed by atoms with van der Waals surface area (Å²) in [6, 6.07) is 6.49. The summed E-state index contributed by atoms with van der Waals surface area (Å²) in [6.45, 7) is 7.07. The second-order valence-corrected chi connectivity index (χ2v) is 7.90. The first kappa shape index (κ1) is 17.5. The van der Waals surface area contributed by atoms with Crippen LogP contribution in [0, 0.1) is 12.8 Å². The summed E-state index contributed by atoms with van der Waals surface area (Å²) >= 11 is 0. The van der Waals surface area contributed by atoms with Crippen LogP contribution in [0.15, 0.2) is 30.6 Å². The Bertz CT molecular complexity index is 1030. The molecular formula is C22H26N4O2. The molecule has 1 saturated heterocycles. The number of carbonyl (C=O) groups is 1. The van der Waals surface area contributed by atoms with E-state index in [2.05, 4.69) is 46.6 Å². The van der Waals surface area contributed by atoms with Gasteiger partial charge in [0.05, 0.1) is 5.92 Å². The van der Waals surface area contributed by atoms with Crippen molar-refractivity contribution in [3.8, 4) is 0 Å². The molecule has 0 unspecified atom stereocenters. The highest BCUT2D eigenvalue weighted by Crippen LogP contribution is 2.37. The van der Waals surface area contributed by atoms with Gasteiger partial charge in [-0.2, -0.15) is 0 Å². The van der Waals surface area contributed by atoms with Gasteiger partial charge in [0.2, 0.25) is 5.91 Å². The zero-order chi connectivity index (χ0) is 19.3. The Balaban J connectivity index is 1.42. The van der Waals surface area contributed by atoms with E-state index < -0.39 is 0 Å². The summed E-state index contributed by atoms with van der Waals surface area (Å²) < 4.78 is 8.04. The Morgan fingerprint density at radius 1 is 1.39 bits per heavy atom. The number of carbonyl (C=O) groups excluding carboxylic acids is 1. The van der Waals surface area contributed by atoms with E-state index in [1.165, 1.54) is 22.2 Å². The highest BCUT2D eigenvalue weighted by atomic mass is 16.5. The van der Waals surface area contributed by atoms with Gasteiger partial charge in [-0.1, -0.05) is 11.6 Å². The maximum Gasteiger partial charge on any atom is 0.229 e. The molecule has 2 aromatic heterocycles. The first-order valence-electron chi connectivity index (χ1n) is 10.2. The number of rotatable bonds is 3. The van der Waals surface area contributed by atoms with E-state index in [0.29, 0.717) is 13.2 Å². The van der Waals surface area contributed by atoms with E-state index in [4.69, 9.17) is 4.74 Å². The largest absolute Gasteiger partial charge is 0.369 e. The van der Waals surface area contributed by atoms with Gasteiger partial charge >= 0.3 is 0 Å². The molecule has 6 nitrogen and oxygen atoms in total. The first-order chi connectivity index (χ1) is 13.7. The highest BCUT2D eigenvalue weighted by Gasteiger charge is 2.40. The Labute approximate surface area is 164 Å². The molecule has 28 heavy (non-hydrogen) atoms.